The minimum atomic E-state index is -1.02. The number of ether oxygens (including phenoxy) is 2. The van der Waals surface area contributed by atoms with E-state index in [-0.39, 0.29) is 47.1 Å². The molecule has 2 aliphatic heterocycles. The van der Waals surface area contributed by atoms with Gasteiger partial charge in [-0.2, -0.15) is 0 Å². The number of aliphatic hydroxyl groups excluding tert-OH is 1. The highest BCUT2D eigenvalue weighted by atomic mass is 16.7. The van der Waals surface area contributed by atoms with E-state index in [0.29, 0.717) is 25.3 Å². The highest BCUT2D eigenvalue weighted by Gasteiger charge is 2.76. The van der Waals surface area contributed by atoms with Crippen LogP contribution in [-0.4, -0.2) is 90.3 Å². The third kappa shape index (κ3) is 4.31. The first kappa shape index (κ1) is 28.4. The van der Waals surface area contributed by atoms with Crippen molar-refractivity contribution in [3.8, 4) is 0 Å². The predicted octanol–water partition coefficient (Wildman–Crippen LogP) is 4.14. The first-order valence-electron chi connectivity index (χ1n) is 16.5. The molecular formula is C34H50N2O5. The summed E-state index contributed by atoms with van der Waals surface area (Å²) in [5.41, 5.74) is -0.685. The Labute approximate surface area is 245 Å². The van der Waals surface area contributed by atoms with Crippen molar-refractivity contribution in [3.05, 3.63) is 23.8 Å². The molecule has 3 saturated carbocycles. The van der Waals surface area contributed by atoms with E-state index in [1.54, 1.807) is 6.08 Å². The van der Waals surface area contributed by atoms with Crippen LogP contribution >= 0.6 is 0 Å². The second-order valence-electron chi connectivity index (χ2n) is 15.0. The molecular weight excluding hydrogens is 516 g/mol. The molecule has 0 amide bonds. The van der Waals surface area contributed by atoms with Crippen LogP contribution in [0.4, 0.5) is 0 Å². The summed E-state index contributed by atoms with van der Waals surface area (Å²) in [6, 6.07) is 0. The summed E-state index contributed by atoms with van der Waals surface area (Å²) in [5.74, 6) is 1.13. The molecule has 7 nitrogen and oxygen atoms in total. The van der Waals surface area contributed by atoms with Crippen molar-refractivity contribution in [3.63, 3.8) is 0 Å². The molecule has 9 atom stereocenters. The minimum absolute atomic E-state index is 0.0335. The highest BCUT2D eigenvalue weighted by molar-refractivity contribution is 5.93. The number of hydrogen-bond acceptors (Lipinski definition) is 7. The van der Waals surface area contributed by atoms with E-state index < -0.39 is 17.1 Å². The van der Waals surface area contributed by atoms with Crippen LogP contribution in [0.25, 0.3) is 0 Å². The van der Waals surface area contributed by atoms with Crippen LogP contribution in [0.2, 0.25) is 0 Å². The molecule has 0 radical (unpaired) electrons. The van der Waals surface area contributed by atoms with E-state index in [1.807, 2.05) is 0 Å². The number of ketones is 2. The number of aliphatic hydroxyl groups is 1. The number of carbonyl (C=O) groups is 2. The van der Waals surface area contributed by atoms with E-state index in [0.717, 1.165) is 63.9 Å². The summed E-state index contributed by atoms with van der Waals surface area (Å²) in [7, 11) is 2.16. The number of nitrogens with zero attached hydrogens (tertiary/aromatic N) is 2. The number of fused-ring (bicyclic) bond motifs is 7. The molecule has 7 rings (SSSR count). The van der Waals surface area contributed by atoms with Gasteiger partial charge in [-0.1, -0.05) is 50.8 Å². The number of hydrogen-bond donors (Lipinski definition) is 1. The molecule has 2 heterocycles. The first-order valence-corrected chi connectivity index (χ1v) is 16.5. The van der Waals surface area contributed by atoms with E-state index >= 15 is 0 Å². The van der Waals surface area contributed by atoms with Crippen LogP contribution < -0.4 is 0 Å². The average Bonchev–Trinajstić information content (AvgIpc) is 3.36. The van der Waals surface area contributed by atoms with E-state index in [2.05, 4.69) is 42.8 Å². The van der Waals surface area contributed by atoms with Crippen molar-refractivity contribution in [2.75, 3.05) is 39.8 Å². The quantitative estimate of drug-likeness (QED) is 0.513. The SMILES string of the molecule is CN1CCCN(CC(=O)[C@@]23O[C@H](C4CCCCC4)O[C@@H]2C[C@H]2[C@@H]4CC=C5CC(=O)C=C[C@]5(C)[C@H]4[C@@H](O)C[C@@]23C)CC1. The fourth-order valence-electron chi connectivity index (χ4n) is 10.7. The fourth-order valence-corrected chi connectivity index (χ4v) is 10.7. The monoisotopic (exact) mass is 566 g/mol. The molecule has 0 aromatic carbocycles. The number of rotatable bonds is 4. The smallest absolute Gasteiger partial charge is 0.181 e. The highest BCUT2D eigenvalue weighted by Crippen LogP contribution is 2.69. The summed E-state index contributed by atoms with van der Waals surface area (Å²) in [6.45, 7) is 8.70. The Morgan fingerprint density at radius 1 is 1.10 bits per heavy atom. The minimum Gasteiger partial charge on any atom is -0.393 e. The maximum absolute atomic E-state index is 14.8. The molecule has 2 saturated heterocycles. The summed E-state index contributed by atoms with van der Waals surface area (Å²) >= 11 is 0. The summed E-state index contributed by atoms with van der Waals surface area (Å²) in [4.78, 5) is 31.8. The second-order valence-corrected chi connectivity index (χ2v) is 15.0. The topological polar surface area (TPSA) is 79.3 Å². The molecule has 0 aromatic heterocycles. The number of carbonyl (C=O) groups excluding carboxylic acids is 2. The van der Waals surface area contributed by atoms with Gasteiger partial charge in [-0.3, -0.25) is 14.5 Å². The van der Waals surface area contributed by atoms with Gasteiger partial charge in [0.15, 0.2) is 23.5 Å². The maximum atomic E-state index is 14.8. The van der Waals surface area contributed by atoms with Crippen LogP contribution in [0.3, 0.4) is 0 Å². The Morgan fingerprint density at radius 3 is 2.71 bits per heavy atom. The van der Waals surface area contributed by atoms with Gasteiger partial charge in [0.2, 0.25) is 0 Å². The molecule has 5 aliphatic carbocycles. The maximum Gasteiger partial charge on any atom is 0.181 e. The van der Waals surface area contributed by atoms with Crippen molar-refractivity contribution in [2.24, 2.45) is 34.5 Å². The van der Waals surface area contributed by atoms with Crippen molar-refractivity contribution in [2.45, 2.75) is 102 Å². The van der Waals surface area contributed by atoms with Crippen LogP contribution in [-0.2, 0) is 19.1 Å². The zero-order valence-electron chi connectivity index (χ0n) is 25.4. The summed E-state index contributed by atoms with van der Waals surface area (Å²) in [6.07, 6.45) is 14.5. The number of likely N-dealkylation sites (N-methyl/N-ethyl adjacent to an activating group) is 1. The van der Waals surface area contributed by atoms with Gasteiger partial charge in [0.25, 0.3) is 0 Å². The summed E-state index contributed by atoms with van der Waals surface area (Å²) < 4.78 is 14.0. The van der Waals surface area contributed by atoms with Crippen molar-refractivity contribution in [1.82, 2.24) is 9.80 Å². The van der Waals surface area contributed by atoms with Gasteiger partial charge in [0.1, 0.15) is 0 Å². The Hall–Kier alpha value is -1.38. The van der Waals surface area contributed by atoms with Gasteiger partial charge in [0.05, 0.1) is 18.8 Å². The molecule has 5 fully saturated rings. The lowest BCUT2D eigenvalue weighted by molar-refractivity contribution is -0.207. The third-order valence-electron chi connectivity index (χ3n) is 12.8. The fraction of sp³-hybridized carbons (Fsp3) is 0.824. The van der Waals surface area contributed by atoms with E-state index in [1.165, 1.54) is 19.3 Å². The molecule has 0 unspecified atom stereocenters. The second kappa shape index (κ2) is 10.4. The molecule has 1 N–H and O–H groups in total. The van der Waals surface area contributed by atoms with Crippen LogP contribution in [0.1, 0.15) is 78.1 Å². The van der Waals surface area contributed by atoms with Gasteiger partial charge < -0.3 is 19.5 Å². The van der Waals surface area contributed by atoms with Gasteiger partial charge in [-0.05, 0) is 76.6 Å². The molecule has 41 heavy (non-hydrogen) atoms. The Kier molecular flexibility index (Phi) is 7.18. The molecule has 7 aliphatic rings. The van der Waals surface area contributed by atoms with Crippen LogP contribution in [0, 0.1) is 34.5 Å². The lowest BCUT2D eigenvalue weighted by Crippen LogP contribution is -2.64. The molecule has 226 valence electrons. The Bertz CT molecular complexity index is 1130. The third-order valence-corrected chi connectivity index (χ3v) is 12.8. The zero-order chi connectivity index (χ0) is 28.6. The van der Waals surface area contributed by atoms with Gasteiger partial charge in [-0.25, -0.2) is 0 Å². The standard InChI is InChI=1S/C34H50N2O5/c1-32-13-12-24(37)18-23(32)10-11-25-26-19-29-34(33(26,2)20-27(38)30(25)32,41-31(40-29)22-8-5-4-6-9-22)28(39)21-36-15-7-14-35(3)16-17-36/h10,12-13,22,25-27,29-31,38H,4-9,11,14-21H2,1-3H3/t25-,26-,27-,29+,30+,31+,32-,33-,34+/m0/s1. The predicted molar refractivity (Wildman–Crippen MR) is 156 cm³/mol. The normalized spacial score (nSPS) is 47.2. The molecule has 7 heteroatoms. The van der Waals surface area contributed by atoms with Crippen molar-refractivity contribution in [1.29, 1.82) is 0 Å². The number of allylic oxidation sites excluding steroid dienone is 4. The van der Waals surface area contributed by atoms with E-state index in [9.17, 15) is 14.7 Å². The molecule has 0 aromatic rings. The zero-order valence-corrected chi connectivity index (χ0v) is 25.4. The van der Waals surface area contributed by atoms with Crippen LogP contribution in [0.15, 0.2) is 23.8 Å². The van der Waals surface area contributed by atoms with Gasteiger partial charge >= 0.3 is 0 Å². The molecule has 0 spiro atoms. The number of Topliss-reactive ketones (excluding diaryl/α,β-unsaturated/α-hetero) is 1. The Balaban J connectivity index is 1.23. The van der Waals surface area contributed by atoms with Gasteiger partial charge in [-0.15, -0.1) is 0 Å². The first-order chi connectivity index (χ1) is 19.7. The van der Waals surface area contributed by atoms with Crippen LogP contribution in [0.5, 0.6) is 0 Å². The average molecular weight is 567 g/mol. The van der Waals surface area contributed by atoms with Crippen molar-refractivity contribution < 1.29 is 24.2 Å². The van der Waals surface area contributed by atoms with E-state index in [4.69, 9.17) is 9.47 Å². The lowest BCUT2D eigenvalue weighted by atomic mass is 9.47. The largest absolute Gasteiger partial charge is 0.393 e. The lowest BCUT2D eigenvalue weighted by Gasteiger charge is -2.59. The Morgan fingerprint density at radius 2 is 1.90 bits per heavy atom. The summed E-state index contributed by atoms with van der Waals surface area (Å²) in [5, 5.41) is 12.0. The van der Waals surface area contributed by atoms with Gasteiger partial charge in [0, 0.05) is 42.2 Å². The molecule has 0 bridgehead atoms. The van der Waals surface area contributed by atoms with Crippen molar-refractivity contribution >= 4 is 11.6 Å².